The highest BCUT2D eigenvalue weighted by Crippen LogP contribution is 2.22. The van der Waals surface area contributed by atoms with E-state index in [0.29, 0.717) is 10.7 Å². The highest BCUT2D eigenvalue weighted by Gasteiger charge is 2.12. The first kappa shape index (κ1) is 15.0. The summed E-state index contributed by atoms with van der Waals surface area (Å²) >= 11 is 7.84. The number of anilines is 1. The molecule has 1 atom stereocenters. The molecule has 1 rings (SSSR count). The molecular weight excluding hydrogens is 370 g/mol. The van der Waals surface area contributed by atoms with Crippen LogP contribution in [0.1, 0.15) is 6.92 Å². The predicted octanol–water partition coefficient (Wildman–Crippen LogP) is 2.79. The summed E-state index contributed by atoms with van der Waals surface area (Å²) < 4.78 is 0.807. The Labute approximate surface area is 123 Å². The second-order valence-electron chi connectivity index (χ2n) is 3.70. The number of amides is 2. The third kappa shape index (κ3) is 4.69. The maximum atomic E-state index is 11.5. The molecule has 3 N–H and O–H groups in total. The summed E-state index contributed by atoms with van der Waals surface area (Å²) in [7, 11) is 0. The van der Waals surface area contributed by atoms with Crippen molar-refractivity contribution in [1.82, 2.24) is 5.32 Å². The van der Waals surface area contributed by atoms with Crippen LogP contribution < -0.4 is 10.6 Å². The molecule has 0 fully saturated rings. The summed E-state index contributed by atoms with van der Waals surface area (Å²) in [4.78, 5) is 22.1. The normalized spacial score (nSPS) is 11.7. The lowest BCUT2D eigenvalue weighted by atomic mass is 10.2. The number of urea groups is 1. The number of benzene rings is 1. The van der Waals surface area contributed by atoms with Crippen LogP contribution in [-0.4, -0.2) is 23.7 Å². The van der Waals surface area contributed by atoms with Gasteiger partial charge in [-0.1, -0.05) is 18.5 Å². The molecule has 98 valence electrons. The third-order valence-electron chi connectivity index (χ3n) is 2.17. The summed E-state index contributed by atoms with van der Waals surface area (Å²) in [6, 6.07) is 4.63. The predicted molar refractivity (Wildman–Crippen MR) is 78.0 cm³/mol. The van der Waals surface area contributed by atoms with Gasteiger partial charge in [-0.2, -0.15) is 0 Å². The fourth-order valence-electron chi connectivity index (χ4n) is 1.09. The Morgan fingerprint density at radius 1 is 1.50 bits per heavy atom. The molecule has 0 radical (unpaired) electrons. The van der Waals surface area contributed by atoms with Gasteiger partial charge in [0, 0.05) is 15.1 Å². The zero-order valence-electron chi connectivity index (χ0n) is 9.54. The minimum Gasteiger partial charge on any atom is -0.481 e. The van der Waals surface area contributed by atoms with Crippen LogP contribution in [0.5, 0.6) is 0 Å². The number of carbonyl (C=O) groups is 2. The first-order valence-electron chi connectivity index (χ1n) is 5.13. The van der Waals surface area contributed by atoms with Gasteiger partial charge in [0.2, 0.25) is 0 Å². The van der Waals surface area contributed by atoms with E-state index in [4.69, 9.17) is 16.7 Å². The summed E-state index contributed by atoms with van der Waals surface area (Å²) in [6.07, 6.45) is 0. The molecule has 0 aliphatic rings. The van der Waals surface area contributed by atoms with Gasteiger partial charge in [0.1, 0.15) is 0 Å². The van der Waals surface area contributed by atoms with Crippen molar-refractivity contribution in [3.05, 3.63) is 26.8 Å². The average molecular weight is 383 g/mol. The SMILES string of the molecule is CC(CNC(=O)Nc1ccc(Cl)cc1I)C(=O)O. The van der Waals surface area contributed by atoms with E-state index >= 15 is 0 Å². The summed E-state index contributed by atoms with van der Waals surface area (Å²) in [5.41, 5.74) is 0.625. The van der Waals surface area contributed by atoms with E-state index in [9.17, 15) is 9.59 Å². The fourth-order valence-corrected chi connectivity index (χ4v) is 2.10. The Kier molecular flexibility index (Phi) is 5.67. The summed E-state index contributed by atoms with van der Waals surface area (Å²) in [5.74, 6) is -1.57. The maximum absolute atomic E-state index is 11.5. The monoisotopic (exact) mass is 382 g/mol. The molecule has 1 aromatic carbocycles. The van der Waals surface area contributed by atoms with Gasteiger partial charge >= 0.3 is 12.0 Å². The van der Waals surface area contributed by atoms with Crippen molar-refractivity contribution >= 4 is 51.9 Å². The highest BCUT2D eigenvalue weighted by molar-refractivity contribution is 14.1. The molecule has 1 unspecified atom stereocenters. The number of halogens is 2. The standard InChI is InChI=1S/C11H12ClIN2O3/c1-6(10(16)17)5-14-11(18)15-9-3-2-7(12)4-8(9)13/h2-4,6H,5H2,1H3,(H,16,17)(H2,14,15,18). The molecule has 0 bridgehead atoms. The number of carboxylic acids is 1. The molecule has 0 aliphatic heterocycles. The molecule has 0 saturated heterocycles. The Bertz CT molecular complexity index is 468. The molecule has 0 heterocycles. The van der Waals surface area contributed by atoms with E-state index in [1.54, 1.807) is 18.2 Å². The number of carboxylic acid groups (broad SMARTS) is 1. The van der Waals surface area contributed by atoms with Gasteiger partial charge in [-0.3, -0.25) is 4.79 Å². The number of rotatable bonds is 4. The van der Waals surface area contributed by atoms with Crippen LogP contribution in [0, 0.1) is 9.49 Å². The lowest BCUT2D eigenvalue weighted by Gasteiger charge is -2.11. The molecule has 0 aliphatic carbocycles. The third-order valence-corrected chi connectivity index (χ3v) is 3.30. The number of hydrogen-bond donors (Lipinski definition) is 3. The number of carbonyl (C=O) groups excluding carboxylic acids is 1. The lowest BCUT2D eigenvalue weighted by molar-refractivity contribution is -0.140. The van der Waals surface area contributed by atoms with Gasteiger partial charge < -0.3 is 15.7 Å². The molecule has 18 heavy (non-hydrogen) atoms. The van der Waals surface area contributed by atoms with Gasteiger partial charge in [-0.15, -0.1) is 0 Å². The molecule has 7 heteroatoms. The topological polar surface area (TPSA) is 78.4 Å². The Morgan fingerprint density at radius 3 is 2.72 bits per heavy atom. The number of nitrogens with one attached hydrogen (secondary N) is 2. The van der Waals surface area contributed by atoms with Gasteiger partial charge in [-0.25, -0.2) is 4.79 Å². The van der Waals surface area contributed by atoms with Crippen LogP contribution in [0.2, 0.25) is 5.02 Å². The van der Waals surface area contributed by atoms with E-state index in [1.165, 1.54) is 6.92 Å². The number of hydrogen-bond acceptors (Lipinski definition) is 2. The number of aliphatic carboxylic acids is 1. The van der Waals surface area contributed by atoms with E-state index in [2.05, 4.69) is 33.2 Å². The molecule has 2 amide bonds. The lowest BCUT2D eigenvalue weighted by Crippen LogP contribution is -2.34. The Hall–Kier alpha value is -1.02. The van der Waals surface area contributed by atoms with Crippen molar-refractivity contribution in [2.45, 2.75) is 6.92 Å². The van der Waals surface area contributed by atoms with Crippen LogP contribution in [0.4, 0.5) is 10.5 Å². The van der Waals surface area contributed by atoms with Crippen LogP contribution in [0.25, 0.3) is 0 Å². The van der Waals surface area contributed by atoms with Crippen molar-refractivity contribution in [1.29, 1.82) is 0 Å². The summed E-state index contributed by atoms with van der Waals surface area (Å²) in [6.45, 7) is 1.60. The zero-order chi connectivity index (χ0) is 13.7. The minimum atomic E-state index is -0.948. The van der Waals surface area contributed by atoms with Crippen LogP contribution in [-0.2, 0) is 4.79 Å². The second-order valence-corrected chi connectivity index (χ2v) is 5.30. The van der Waals surface area contributed by atoms with Crippen molar-refractivity contribution in [3.8, 4) is 0 Å². The molecule has 1 aromatic rings. The van der Waals surface area contributed by atoms with Gasteiger partial charge in [0.05, 0.1) is 11.6 Å². The smallest absolute Gasteiger partial charge is 0.319 e. The minimum absolute atomic E-state index is 0.0747. The molecule has 0 spiro atoms. The highest BCUT2D eigenvalue weighted by atomic mass is 127. The summed E-state index contributed by atoms with van der Waals surface area (Å²) in [5, 5.41) is 14.4. The molecule has 5 nitrogen and oxygen atoms in total. The molecule has 0 aromatic heterocycles. The quantitative estimate of drug-likeness (QED) is 0.701. The first-order valence-corrected chi connectivity index (χ1v) is 6.58. The fraction of sp³-hybridized carbons (Fsp3) is 0.273. The van der Waals surface area contributed by atoms with E-state index in [-0.39, 0.29) is 6.54 Å². The van der Waals surface area contributed by atoms with E-state index in [1.807, 2.05) is 0 Å². The van der Waals surface area contributed by atoms with Gasteiger partial charge in [0.15, 0.2) is 0 Å². The van der Waals surface area contributed by atoms with Crippen molar-refractivity contribution in [2.24, 2.45) is 5.92 Å². The molecular formula is C11H12ClIN2O3. The van der Waals surface area contributed by atoms with E-state index in [0.717, 1.165) is 3.57 Å². The average Bonchev–Trinajstić information content (AvgIpc) is 2.29. The van der Waals surface area contributed by atoms with Gasteiger partial charge in [-0.05, 0) is 40.8 Å². The first-order chi connectivity index (χ1) is 8.40. The van der Waals surface area contributed by atoms with Crippen LogP contribution in [0.3, 0.4) is 0 Å². The maximum Gasteiger partial charge on any atom is 0.319 e. The zero-order valence-corrected chi connectivity index (χ0v) is 12.4. The second kappa shape index (κ2) is 6.79. The van der Waals surface area contributed by atoms with Gasteiger partial charge in [0.25, 0.3) is 0 Å². The molecule has 0 saturated carbocycles. The van der Waals surface area contributed by atoms with Crippen molar-refractivity contribution in [3.63, 3.8) is 0 Å². The van der Waals surface area contributed by atoms with Crippen LogP contribution >= 0.6 is 34.2 Å². The van der Waals surface area contributed by atoms with E-state index < -0.39 is 17.9 Å². The Balaban J connectivity index is 2.52. The Morgan fingerprint density at radius 2 is 2.17 bits per heavy atom. The van der Waals surface area contributed by atoms with Crippen molar-refractivity contribution < 1.29 is 14.7 Å². The van der Waals surface area contributed by atoms with Crippen LogP contribution in [0.15, 0.2) is 18.2 Å². The largest absolute Gasteiger partial charge is 0.481 e. The van der Waals surface area contributed by atoms with Crippen molar-refractivity contribution in [2.75, 3.05) is 11.9 Å².